The van der Waals surface area contributed by atoms with Crippen molar-refractivity contribution >= 4 is 40.2 Å². The quantitative estimate of drug-likeness (QED) is 0.736. The highest BCUT2D eigenvalue weighted by Crippen LogP contribution is 2.22. The fourth-order valence-electron chi connectivity index (χ4n) is 1.05. The second-order valence-electron chi connectivity index (χ2n) is 2.52. The second-order valence-corrected chi connectivity index (χ2v) is 3.27. The Balaban J connectivity index is 2.76. The summed E-state index contributed by atoms with van der Waals surface area (Å²) in [5, 5.41) is 8.92. The molecule has 0 atom stereocenters. The molecule has 0 radical (unpaired) electrons. The van der Waals surface area contributed by atoms with Gasteiger partial charge in [0.1, 0.15) is 10.7 Å². The number of carboxylic acids is 1. The average Bonchev–Trinajstić information content (AvgIpc) is 2.47. The molecule has 0 saturated heterocycles. The zero-order chi connectivity index (χ0) is 10.3. The van der Waals surface area contributed by atoms with Crippen LogP contribution in [0.2, 0.25) is 10.3 Å². The summed E-state index contributed by atoms with van der Waals surface area (Å²) >= 11 is 11.3. The Hall–Kier alpha value is -1.33. The lowest BCUT2D eigenvalue weighted by atomic mass is 10.4. The number of aromatic amines is 1. The topological polar surface area (TPSA) is 78.9 Å². The van der Waals surface area contributed by atoms with E-state index in [1.165, 1.54) is 6.07 Å². The van der Waals surface area contributed by atoms with Gasteiger partial charge in [0, 0.05) is 6.07 Å². The number of imidazole rings is 1. The minimum atomic E-state index is -1.16. The van der Waals surface area contributed by atoms with Crippen LogP contribution in [-0.2, 0) is 0 Å². The van der Waals surface area contributed by atoms with Crippen LogP contribution in [0.3, 0.4) is 0 Å². The molecule has 2 aromatic heterocycles. The van der Waals surface area contributed by atoms with Gasteiger partial charge in [-0.1, -0.05) is 23.2 Å². The zero-order valence-corrected chi connectivity index (χ0v) is 8.10. The van der Waals surface area contributed by atoms with Gasteiger partial charge in [-0.3, -0.25) is 0 Å². The summed E-state index contributed by atoms with van der Waals surface area (Å²) in [7, 11) is 0. The summed E-state index contributed by atoms with van der Waals surface area (Å²) in [6.45, 7) is 0. The van der Waals surface area contributed by atoms with E-state index in [-0.39, 0.29) is 16.1 Å². The van der Waals surface area contributed by atoms with Gasteiger partial charge in [0.2, 0.25) is 5.82 Å². The second kappa shape index (κ2) is 3.11. The lowest BCUT2D eigenvalue weighted by Crippen LogP contribution is -1.97. The number of halogens is 2. The van der Waals surface area contributed by atoms with Crippen molar-refractivity contribution in [3.63, 3.8) is 0 Å². The Morgan fingerprint density at radius 2 is 2.14 bits per heavy atom. The maximum atomic E-state index is 10.6. The zero-order valence-electron chi connectivity index (χ0n) is 6.58. The van der Waals surface area contributed by atoms with Gasteiger partial charge < -0.3 is 10.1 Å². The number of hydrogen-bond acceptors (Lipinski definition) is 3. The van der Waals surface area contributed by atoms with Crippen LogP contribution in [0.25, 0.3) is 11.0 Å². The van der Waals surface area contributed by atoms with E-state index >= 15 is 0 Å². The van der Waals surface area contributed by atoms with Crippen molar-refractivity contribution < 1.29 is 9.90 Å². The predicted molar refractivity (Wildman–Crippen MR) is 50.9 cm³/mol. The standard InChI is InChI=1S/C7H3Cl2N3O2/c8-3-1-2-4(5(9)11-3)12-6(10-2)7(13)14/h1H,(H,10,12)(H,13,14). The molecule has 2 rings (SSSR count). The number of carbonyl (C=O) groups is 1. The van der Waals surface area contributed by atoms with E-state index in [0.29, 0.717) is 11.0 Å². The van der Waals surface area contributed by atoms with Crippen molar-refractivity contribution in [3.8, 4) is 0 Å². The Labute approximate surface area is 87.7 Å². The molecule has 72 valence electrons. The molecular formula is C7H3Cl2N3O2. The Kier molecular flexibility index (Phi) is 2.05. The monoisotopic (exact) mass is 231 g/mol. The molecule has 0 saturated carbocycles. The van der Waals surface area contributed by atoms with E-state index < -0.39 is 5.97 Å². The number of aromatic nitrogens is 3. The molecule has 0 bridgehead atoms. The summed E-state index contributed by atoms with van der Waals surface area (Å²) in [5.41, 5.74) is 0.751. The summed E-state index contributed by atoms with van der Waals surface area (Å²) < 4.78 is 0. The van der Waals surface area contributed by atoms with Crippen LogP contribution in [0.4, 0.5) is 0 Å². The molecule has 2 heterocycles. The minimum absolute atomic E-state index is 0.0799. The SMILES string of the molecule is O=C(O)c1nc2c(Cl)nc(Cl)cc2[nH]1. The number of H-pyrrole nitrogens is 1. The Morgan fingerprint density at radius 1 is 1.43 bits per heavy atom. The van der Waals surface area contributed by atoms with Crippen LogP contribution in [0.5, 0.6) is 0 Å². The van der Waals surface area contributed by atoms with Crippen molar-refractivity contribution in [3.05, 3.63) is 22.2 Å². The van der Waals surface area contributed by atoms with Crippen molar-refractivity contribution in [1.82, 2.24) is 15.0 Å². The molecule has 5 nitrogen and oxygen atoms in total. The van der Waals surface area contributed by atoms with Crippen LogP contribution in [0.15, 0.2) is 6.07 Å². The van der Waals surface area contributed by atoms with Crippen LogP contribution < -0.4 is 0 Å². The van der Waals surface area contributed by atoms with Crippen molar-refractivity contribution in [1.29, 1.82) is 0 Å². The normalized spacial score (nSPS) is 10.7. The highest BCUT2D eigenvalue weighted by molar-refractivity contribution is 6.36. The number of nitrogens with zero attached hydrogens (tertiary/aromatic N) is 2. The number of fused-ring (bicyclic) bond motifs is 1. The molecule has 0 unspecified atom stereocenters. The molecule has 0 spiro atoms. The molecule has 0 aliphatic rings. The smallest absolute Gasteiger partial charge is 0.371 e. The first kappa shape index (κ1) is 9.23. The molecule has 2 aromatic rings. The van der Waals surface area contributed by atoms with Gasteiger partial charge in [-0.2, -0.15) is 0 Å². The molecular weight excluding hydrogens is 229 g/mol. The minimum Gasteiger partial charge on any atom is -0.475 e. The number of hydrogen-bond donors (Lipinski definition) is 2. The molecule has 0 aromatic carbocycles. The third kappa shape index (κ3) is 1.40. The van der Waals surface area contributed by atoms with Crippen molar-refractivity contribution in [2.24, 2.45) is 0 Å². The molecule has 7 heteroatoms. The van der Waals surface area contributed by atoms with Crippen molar-refractivity contribution in [2.75, 3.05) is 0 Å². The first-order chi connectivity index (χ1) is 6.58. The first-order valence-corrected chi connectivity index (χ1v) is 4.28. The molecule has 0 aliphatic heterocycles. The van der Waals surface area contributed by atoms with Crippen LogP contribution in [-0.4, -0.2) is 26.0 Å². The maximum Gasteiger partial charge on any atom is 0.371 e. The van der Waals surface area contributed by atoms with Gasteiger partial charge in [0.25, 0.3) is 0 Å². The van der Waals surface area contributed by atoms with Crippen molar-refractivity contribution in [2.45, 2.75) is 0 Å². The van der Waals surface area contributed by atoms with E-state index in [2.05, 4.69) is 15.0 Å². The van der Waals surface area contributed by atoms with E-state index in [4.69, 9.17) is 28.3 Å². The average molecular weight is 232 g/mol. The Morgan fingerprint density at radius 3 is 2.79 bits per heavy atom. The van der Waals surface area contributed by atoms with Gasteiger partial charge in [0.05, 0.1) is 5.52 Å². The fraction of sp³-hybridized carbons (Fsp3) is 0. The largest absolute Gasteiger partial charge is 0.475 e. The third-order valence-electron chi connectivity index (χ3n) is 1.60. The number of nitrogens with one attached hydrogen (secondary N) is 1. The molecule has 0 aliphatic carbocycles. The van der Waals surface area contributed by atoms with Gasteiger partial charge >= 0.3 is 5.97 Å². The van der Waals surface area contributed by atoms with E-state index in [1.807, 2.05) is 0 Å². The van der Waals surface area contributed by atoms with Gasteiger partial charge in [-0.25, -0.2) is 14.8 Å². The predicted octanol–water partition coefficient (Wildman–Crippen LogP) is 1.96. The van der Waals surface area contributed by atoms with E-state index in [9.17, 15) is 4.79 Å². The molecule has 2 N–H and O–H groups in total. The number of aromatic carboxylic acids is 1. The van der Waals surface area contributed by atoms with Crippen LogP contribution in [0, 0.1) is 0 Å². The highest BCUT2D eigenvalue weighted by atomic mass is 35.5. The van der Waals surface area contributed by atoms with Gasteiger partial charge in [0.15, 0.2) is 5.15 Å². The number of rotatable bonds is 1. The van der Waals surface area contributed by atoms with Gasteiger partial charge in [-0.15, -0.1) is 0 Å². The van der Waals surface area contributed by atoms with E-state index in [0.717, 1.165) is 0 Å². The Bertz CT molecular complexity index is 523. The highest BCUT2D eigenvalue weighted by Gasteiger charge is 2.12. The summed E-state index contributed by atoms with van der Waals surface area (Å²) in [6, 6.07) is 1.46. The maximum absolute atomic E-state index is 10.6. The van der Waals surface area contributed by atoms with Gasteiger partial charge in [-0.05, 0) is 0 Å². The lowest BCUT2D eigenvalue weighted by Gasteiger charge is -1.91. The van der Waals surface area contributed by atoms with Crippen LogP contribution >= 0.6 is 23.2 Å². The molecule has 14 heavy (non-hydrogen) atoms. The number of pyridine rings is 1. The van der Waals surface area contributed by atoms with E-state index in [1.54, 1.807) is 0 Å². The summed E-state index contributed by atoms with van der Waals surface area (Å²) in [4.78, 5) is 20.6. The lowest BCUT2D eigenvalue weighted by molar-refractivity contribution is 0.0685. The molecule has 0 amide bonds. The summed E-state index contributed by atoms with van der Waals surface area (Å²) in [5.74, 6) is -1.35. The fourth-order valence-corrected chi connectivity index (χ4v) is 1.52. The number of carboxylic acid groups (broad SMARTS) is 1. The third-order valence-corrected chi connectivity index (χ3v) is 2.06. The summed E-state index contributed by atoms with van der Waals surface area (Å²) in [6.07, 6.45) is 0. The van der Waals surface area contributed by atoms with Crippen LogP contribution in [0.1, 0.15) is 10.6 Å². The first-order valence-electron chi connectivity index (χ1n) is 3.53. The molecule has 0 fully saturated rings.